The van der Waals surface area contributed by atoms with Crippen LogP contribution in [0.3, 0.4) is 0 Å². The molecule has 0 bridgehead atoms. The van der Waals surface area contributed by atoms with E-state index >= 15 is 0 Å². The number of nitrogens with zero attached hydrogens (tertiary/aromatic N) is 1. The zero-order valence-corrected chi connectivity index (χ0v) is 15.5. The molecule has 1 aliphatic heterocycles. The third-order valence-corrected chi connectivity index (χ3v) is 5.17. The normalized spacial score (nSPS) is 20.7. The number of rotatable bonds is 8. The average Bonchev–Trinajstić information content (AvgIpc) is 3.07. The largest absolute Gasteiger partial charge is 0.380 e. The van der Waals surface area contributed by atoms with Crippen molar-refractivity contribution in [1.82, 2.24) is 15.5 Å². The maximum Gasteiger partial charge on any atom is 0.237 e. The van der Waals surface area contributed by atoms with E-state index in [0.717, 1.165) is 25.8 Å². The van der Waals surface area contributed by atoms with Gasteiger partial charge in [-0.2, -0.15) is 0 Å². The summed E-state index contributed by atoms with van der Waals surface area (Å²) in [6.45, 7) is 5.20. The third-order valence-electron chi connectivity index (χ3n) is 5.17. The summed E-state index contributed by atoms with van der Waals surface area (Å²) in [6, 6.07) is 8.36. The van der Waals surface area contributed by atoms with E-state index in [-0.39, 0.29) is 24.3 Å². The number of hydrogen-bond donors (Lipinski definition) is 2. The summed E-state index contributed by atoms with van der Waals surface area (Å²) in [4.78, 5) is 27.0. The van der Waals surface area contributed by atoms with E-state index in [1.807, 2.05) is 0 Å². The number of benzene rings is 1. The van der Waals surface area contributed by atoms with Crippen LogP contribution in [0.1, 0.15) is 30.9 Å². The molecule has 6 nitrogen and oxygen atoms in total. The second-order valence-electron chi connectivity index (χ2n) is 7.04. The van der Waals surface area contributed by atoms with Crippen molar-refractivity contribution in [2.75, 3.05) is 32.8 Å². The van der Waals surface area contributed by atoms with Crippen molar-refractivity contribution in [2.45, 2.75) is 44.7 Å². The minimum atomic E-state index is -0.389. The maximum atomic E-state index is 12.4. The van der Waals surface area contributed by atoms with Gasteiger partial charge in [-0.05, 0) is 30.4 Å². The maximum absolute atomic E-state index is 12.4. The Hall–Kier alpha value is -1.92. The van der Waals surface area contributed by atoms with Crippen LogP contribution < -0.4 is 10.6 Å². The zero-order chi connectivity index (χ0) is 18.4. The molecule has 0 unspecified atom stereocenters. The van der Waals surface area contributed by atoms with Crippen LogP contribution in [0.2, 0.25) is 0 Å². The summed E-state index contributed by atoms with van der Waals surface area (Å²) in [7, 11) is 0. The number of carbonyl (C=O) groups excluding carboxylic acids is 2. The summed E-state index contributed by atoms with van der Waals surface area (Å²) in [5.74, 6) is -0.128. The van der Waals surface area contributed by atoms with E-state index in [2.05, 4.69) is 46.7 Å². The topological polar surface area (TPSA) is 70.7 Å². The molecule has 1 aromatic carbocycles. The first-order valence-corrected chi connectivity index (χ1v) is 9.63. The summed E-state index contributed by atoms with van der Waals surface area (Å²) < 4.78 is 5.38. The fourth-order valence-electron chi connectivity index (χ4n) is 3.91. The first-order valence-electron chi connectivity index (χ1n) is 9.63. The SMILES string of the molecule is CCCOCCNC(=O)C[C@H]1C(=O)NCCN1C1Cc2ccccc2C1. The summed E-state index contributed by atoms with van der Waals surface area (Å²) >= 11 is 0. The predicted octanol–water partition coefficient (Wildman–Crippen LogP) is 0.887. The molecule has 2 N–H and O–H groups in total. The van der Waals surface area contributed by atoms with Crippen LogP contribution >= 0.6 is 0 Å². The quantitative estimate of drug-likeness (QED) is 0.676. The fourth-order valence-corrected chi connectivity index (χ4v) is 3.91. The number of ether oxygens (including phenoxy) is 1. The van der Waals surface area contributed by atoms with Crippen molar-refractivity contribution >= 4 is 11.8 Å². The smallest absolute Gasteiger partial charge is 0.237 e. The van der Waals surface area contributed by atoms with Gasteiger partial charge in [-0.1, -0.05) is 31.2 Å². The minimum absolute atomic E-state index is 0.0374. The Kier molecular flexibility index (Phi) is 6.63. The van der Waals surface area contributed by atoms with Crippen LogP contribution in [0.4, 0.5) is 0 Å². The Labute approximate surface area is 155 Å². The molecule has 2 aliphatic rings. The van der Waals surface area contributed by atoms with Gasteiger partial charge in [-0.3, -0.25) is 14.5 Å². The zero-order valence-electron chi connectivity index (χ0n) is 15.5. The van der Waals surface area contributed by atoms with Gasteiger partial charge in [0.1, 0.15) is 0 Å². The van der Waals surface area contributed by atoms with Gasteiger partial charge in [-0.15, -0.1) is 0 Å². The van der Waals surface area contributed by atoms with Gasteiger partial charge in [0.25, 0.3) is 0 Å². The molecular weight excluding hydrogens is 330 g/mol. The van der Waals surface area contributed by atoms with Gasteiger partial charge in [0.05, 0.1) is 19.1 Å². The first kappa shape index (κ1) is 18.9. The fraction of sp³-hybridized carbons (Fsp3) is 0.600. The molecule has 1 heterocycles. The van der Waals surface area contributed by atoms with Crippen LogP contribution in [0.5, 0.6) is 0 Å². The molecule has 0 aromatic heterocycles. The first-order chi connectivity index (χ1) is 12.7. The number of carbonyl (C=O) groups is 2. The van der Waals surface area contributed by atoms with Crippen molar-refractivity contribution in [3.8, 4) is 0 Å². The molecule has 2 amide bonds. The van der Waals surface area contributed by atoms with Crippen molar-refractivity contribution < 1.29 is 14.3 Å². The van der Waals surface area contributed by atoms with Gasteiger partial charge in [0.15, 0.2) is 0 Å². The van der Waals surface area contributed by atoms with E-state index in [1.165, 1.54) is 11.1 Å². The van der Waals surface area contributed by atoms with Crippen molar-refractivity contribution in [2.24, 2.45) is 0 Å². The van der Waals surface area contributed by atoms with Crippen LogP contribution in [0, 0.1) is 0 Å². The van der Waals surface area contributed by atoms with E-state index in [4.69, 9.17) is 4.74 Å². The van der Waals surface area contributed by atoms with E-state index in [1.54, 1.807) is 0 Å². The van der Waals surface area contributed by atoms with E-state index in [9.17, 15) is 9.59 Å². The summed E-state index contributed by atoms with van der Waals surface area (Å²) in [6.07, 6.45) is 3.07. The van der Waals surface area contributed by atoms with E-state index in [0.29, 0.717) is 32.3 Å². The van der Waals surface area contributed by atoms with Gasteiger partial charge >= 0.3 is 0 Å². The molecule has 0 saturated carbocycles. The standard InChI is InChI=1S/C20H29N3O3/c1-2-10-26-11-8-21-19(24)14-18-20(25)22-7-9-23(18)17-12-15-5-3-4-6-16(15)13-17/h3-6,17-18H,2,7-14H2,1H3,(H,21,24)(H,22,25)/t18-/m0/s1. The molecule has 1 atom stereocenters. The minimum Gasteiger partial charge on any atom is -0.380 e. The Bertz CT molecular complexity index is 609. The van der Waals surface area contributed by atoms with Crippen molar-refractivity contribution in [3.05, 3.63) is 35.4 Å². The second-order valence-corrected chi connectivity index (χ2v) is 7.04. The average molecular weight is 359 g/mol. The van der Waals surface area contributed by atoms with Crippen LogP contribution in [0.25, 0.3) is 0 Å². The lowest BCUT2D eigenvalue weighted by atomic mass is 10.0. The lowest BCUT2D eigenvalue weighted by molar-refractivity contribution is -0.135. The molecule has 0 spiro atoms. The highest BCUT2D eigenvalue weighted by Gasteiger charge is 2.37. The third kappa shape index (κ3) is 4.62. The van der Waals surface area contributed by atoms with Crippen LogP contribution in [0.15, 0.2) is 24.3 Å². The lowest BCUT2D eigenvalue weighted by Crippen LogP contribution is -2.59. The number of hydrogen-bond acceptors (Lipinski definition) is 4. The highest BCUT2D eigenvalue weighted by Crippen LogP contribution is 2.27. The molecule has 6 heteroatoms. The Morgan fingerprint density at radius 3 is 2.69 bits per heavy atom. The summed E-state index contributed by atoms with van der Waals surface area (Å²) in [5, 5.41) is 5.78. The second kappa shape index (κ2) is 9.14. The predicted molar refractivity (Wildman–Crippen MR) is 99.9 cm³/mol. The Balaban J connectivity index is 1.55. The molecule has 1 aromatic rings. The van der Waals surface area contributed by atoms with E-state index < -0.39 is 0 Å². The highest BCUT2D eigenvalue weighted by atomic mass is 16.5. The number of amides is 2. The molecule has 3 rings (SSSR count). The molecule has 26 heavy (non-hydrogen) atoms. The van der Waals surface area contributed by atoms with Crippen LogP contribution in [-0.4, -0.2) is 61.6 Å². The number of fused-ring (bicyclic) bond motifs is 1. The highest BCUT2D eigenvalue weighted by molar-refractivity contribution is 5.88. The molecule has 142 valence electrons. The number of piperazine rings is 1. The molecular formula is C20H29N3O3. The van der Waals surface area contributed by atoms with Crippen LogP contribution in [-0.2, 0) is 27.2 Å². The van der Waals surface area contributed by atoms with Gasteiger partial charge in [-0.25, -0.2) is 0 Å². The van der Waals surface area contributed by atoms with Gasteiger partial charge < -0.3 is 15.4 Å². The van der Waals surface area contributed by atoms with Crippen molar-refractivity contribution in [3.63, 3.8) is 0 Å². The molecule has 1 saturated heterocycles. The monoisotopic (exact) mass is 359 g/mol. The Morgan fingerprint density at radius 2 is 2.00 bits per heavy atom. The molecule has 1 fully saturated rings. The van der Waals surface area contributed by atoms with Gasteiger partial charge in [0.2, 0.25) is 11.8 Å². The molecule has 1 aliphatic carbocycles. The lowest BCUT2D eigenvalue weighted by Gasteiger charge is -2.38. The summed E-state index contributed by atoms with van der Waals surface area (Å²) in [5.41, 5.74) is 2.72. The number of nitrogens with one attached hydrogen (secondary N) is 2. The Morgan fingerprint density at radius 1 is 1.27 bits per heavy atom. The molecule has 0 radical (unpaired) electrons. The van der Waals surface area contributed by atoms with Crippen molar-refractivity contribution in [1.29, 1.82) is 0 Å². The van der Waals surface area contributed by atoms with Gasteiger partial charge in [0, 0.05) is 32.3 Å².